The zero-order valence-corrected chi connectivity index (χ0v) is 12.6. The van der Waals surface area contributed by atoms with Crippen LogP contribution in [0.5, 0.6) is 0 Å². The number of alkyl halides is 1. The first-order valence-electron chi connectivity index (χ1n) is 6.28. The Morgan fingerprint density at radius 2 is 1.75 bits per heavy atom. The van der Waals surface area contributed by atoms with Gasteiger partial charge in [-0.3, -0.25) is 4.79 Å². The molecule has 0 aromatic heterocycles. The van der Waals surface area contributed by atoms with Gasteiger partial charge in [0.2, 0.25) is 0 Å². The van der Waals surface area contributed by atoms with Gasteiger partial charge >= 0.3 is 0 Å². The molecule has 2 aromatic rings. The second-order valence-corrected chi connectivity index (χ2v) is 5.29. The average Bonchev–Trinajstić information content (AvgIpc) is 2.45. The molecule has 0 fully saturated rings. The highest BCUT2D eigenvalue weighted by atomic mass is 35.5. The number of carbonyl (C=O) groups is 1. The van der Waals surface area contributed by atoms with Crippen LogP contribution >= 0.6 is 23.2 Å². The number of halogens is 2. The molecule has 0 bridgehead atoms. The molecule has 0 aliphatic heterocycles. The third-order valence-electron chi connectivity index (χ3n) is 3.00. The van der Waals surface area contributed by atoms with Crippen LogP contribution in [0.25, 0.3) is 0 Å². The zero-order chi connectivity index (χ0) is 14.5. The predicted molar refractivity (Wildman–Crippen MR) is 83.4 cm³/mol. The number of aryl methyl sites for hydroxylation is 1. The monoisotopic (exact) mass is 307 g/mol. The van der Waals surface area contributed by atoms with E-state index in [-0.39, 0.29) is 5.91 Å². The summed E-state index contributed by atoms with van der Waals surface area (Å²) in [5.41, 5.74) is 3.61. The quantitative estimate of drug-likeness (QED) is 0.838. The smallest absolute Gasteiger partial charge is 0.253 e. The summed E-state index contributed by atoms with van der Waals surface area (Å²) in [6, 6.07) is 13.2. The summed E-state index contributed by atoms with van der Waals surface area (Å²) in [4.78, 5) is 12.1. The standard InChI is InChI=1S/C16H15Cl2NO/c1-11-2-7-14(15(18)8-11)16(20)19-10-13-5-3-12(9-17)4-6-13/h2-8H,9-10H2,1H3,(H,19,20). The van der Waals surface area contributed by atoms with Crippen LogP contribution < -0.4 is 5.32 Å². The van der Waals surface area contributed by atoms with Crippen LogP contribution in [0.4, 0.5) is 0 Å². The maximum absolute atomic E-state index is 12.1. The van der Waals surface area contributed by atoms with Crippen molar-refractivity contribution >= 4 is 29.1 Å². The summed E-state index contributed by atoms with van der Waals surface area (Å²) >= 11 is 11.8. The van der Waals surface area contributed by atoms with E-state index in [1.165, 1.54) is 0 Å². The van der Waals surface area contributed by atoms with Crippen LogP contribution in [0, 0.1) is 6.92 Å². The molecule has 0 unspecified atom stereocenters. The Morgan fingerprint density at radius 3 is 2.35 bits per heavy atom. The average molecular weight is 308 g/mol. The van der Waals surface area contributed by atoms with Gasteiger partial charge in [0.05, 0.1) is 10.6 Å². The fraction of sp³-hybridized carbons (Fsp3) is 0.188. The molecular formula is C16H15Cl2NO. The van der Waals surface area contributed by atoms with Gasteiger partial charge in [-0.1, -0.05) is 41.9 Å². The van der Waals surface area contributed by atoms with Crippen molar-refractivity contribution in [2.45, 2.75) is 19.3 Å². The molecule has 0 spiro atoms. The molecule has 0 radical (unpaired) electrons. The van der Waals surface area contributed by atoms with Gasteiger partial charge in [-0.25, -0.2) is 0 Å². The number of rotatable bonds is 4. The fourth-order valence-corrected chi connectivity index (χ4v) is 2.33. The number of amides is 1. The fourth-order valence-electron chi connectivity index (χ4n) is 1.83. The van der Waals surface area contributed by atoms with E-state index in [0.717, 1.165) is 16.7 Å². The van der Waals surface area contributed by atoms with Crippen LogP contribution in [-0.4, -0.2) is 5.91 Å². The Kier molecular flexibility index (Phi) is 5.05. The third kappa shape index (κ3) is 3.75. The molecular weight excluding hydrogens is 293 g/mol. The maximum Gasteiger partial charge on any atom is 0.253 e. The first-order chi connectivity index (χ1) is 9.60. The lowest BCUT2D eigenvalue weighted by atomic mass is 10.1. The highest BCUT2D eigenvalue weighted by Crippen LogP contribution is 2.17. The molecule has 104 valence electrons. The maximum atomic E-state index is 12.1. The summed E-state index contributed by atoms with van der Waals surface area (Å²) in [6.45, 7) is 2.40. The van der Waals surface area contributed by atoms with Crippen LogP contribution in [0.2, 0.25) is 5.02 Å². The minimum atomic E-state index is -0.170. The lowest BCUT2D eigenvalue weighted by Gasteiger charge is -2.08. The SMILES string of the molecule is Cc1ccc(C(=O)NCc2ccc(CCl)cc2)c(Cl)c1. The van der Waals surface area contributed by atoms with Crippen molar-refractivity contribution in [2.75, 3.05) is 0 Å². The molecule has 0 aliphatic carbocycles. The Morgan fingerprint density at radius 1 is 1.10 bits per heavy atom. The van der Waals surface area contributed by atoms with Crippen LogP contribution in [0.15, 0.2) is 42.5 Å². The van der Waals surface area contributed by atoms with Gasteiger partial charge in [0.15, 0.2) is 0 Å². The normalized spacial score (nSPS) is 10.3. The molecule has 20 heavy (non-hydrogen) atoms. The number of hydrogen-bond donors (Lipinski definition) is 1. The Balaban J connectivity index is 2.00. The van der Waals surface area contributed by atoms with Crippen molar-refractivity contribution in [1.29, 1.82) is 0 Å². The van der Waals surface area contributed by atoms with E-state index < -0.39 is 0 Å². The molecule has 0 heterocycles. The molecule has 1 N–H and O–H groups in total. The minimum absolute atomic E-state index is 0.170. The molecule has 0 aliphatic rings. The van der Waals surface area contributed by atoms with E-state index in [9.17, 15) is 4.79 Å². The number of hydrogen-bond acceptors (Lipinski definition) is 1. The summed E-state index contributed by atoms with van der Waals surface area (Å²) in [7, 11) is 0. The summed E-state index contributed by atoms with van der Waals surface area (Å²) < 4.78 is 0. The van der Waals surface area contributed by atoms with Gasteiger partial charge in [0.25, 0.3) is 5.91 Å². The van der Waals surface area contributed by atoms with Crippen molar-refractivity contribution in [2.24, 2.45) is 0 Å². The van der Waals surface area contributed by atoms with E-state index in [1.807, 2.05) is 37.3 Å². The largest absolute Gasteiger partial charge is 0.348 e. The first-order valence-corrected chi connectivity index (χ1v) is 7.19. The van der Waals surface area contributed by atoms with Crippen LogP contribution in [-0.2, 0) is 12.4 Å². The van der Waals surface area contributed by atoms with Crippen molar-refractivity contribution in [3.8, 4) is 0 Å². The summed E-state index contributed by atoms with van der Waals surface area (Å²) in [5, 5.41) is 3.33. The summed E-state index contributed by atoms with van der Waals surface area (Å²) in [6.07, 6.45) is 0. The van der Waals surface area contributed by atoms with Crippen molar-refractivity contribution < 1.29 is 4.79 Å². The van der Waals surface area contributed by atoms with Crippen LogP contribution in [0.3, 0.4) is 0 Å². The van der Waals surface area contributed by atoms with Gasteiger partial charge < -0.3 is 5.32 Å². The predicted octanol–water partition coefficient (Wildman–Crippen LogP) is 4.32. The second-order valence-electron chi connectivity index (χ2n) is 4.62. The Labute approximate surface area is 128 Å². The summed E-state index contributed by atoms with van der Waals surface area (Å²) in [5.74, 6) is 0.322. The van der Waals surface area contributed by atoms with E-state index in [2.05, 4.69) is 5.32 Å². The Hall–Kier alpha value is -1.51. The van der Waals surface area contributed by atoms with Gasteiger partial charge in [-0.2, -0.15) is 0 Å². The van der Waals surface area contributed by atoms with Gasteiger partial charge in [0, 0.05) is 12.4 Å². The number of nitrogens with one attached hydrogen (secondary N) is 1. The van der Waals surface area contributed by atoms with Gasteiger partial charge in [0.1, 0.15) is 0 Å². The topological polar surface area (TPSA) is 29.1 Å². The number of carbonyl (C=O) groups excluding carboxylic acids is 1. The highest BCUT2D eigenvalue weighted by Gasteiger charge is 2.09. The molecule has 2 aromatic carbocycles. The second kappa shape index (κ2) is 6.78. The molecule has 0 saturated carbocycles. The third-order valence-corrected chi connectivity index (χ3v) is 3.62. The molecule has 0 atom stereocenters. The molecule has 1 amide bonds. The van der Waals surface area contributed by atoms with Crippen LogP contribution in [0.1, 0.15) is 27.0 Å². The lowest BCUT2D eigenvalue weighted by Crippen LogP contribution is -2.23. The van der Waals surface area contributed by atoms with Crippen molar-refractivity contribution in [3.05, 3.63) is 69.7 Å². The molecule has 2 nitrogen and oxygen atoms in total. The molecule has 2 rings (SSSR count). The lowest BCUT2D eigenvalue weighted by molar-refractivity contribution is 0.0951. The van der Waals surface area contributed by atoms with Crippen molar-refractivity contribution in [3.63, 3.8) is 0 Å². The van der Waals surface area contributed by atoms with E-state index in [1.54, 1.807) is 12.1 Å². The number of benzene rings is 2. The molecule has 4 heteroatoms. The van der Waals surface area contributed by atoms with Gasteiger partial charge in [-0.05, 0) is 35.7 Å². The van der Waals surface area contributed by atoms with Gasteiger partial charge in [-0.15, -0.1) is 11.6 Å². The van der Waals surface area contributed by atoms with E-state index in [4.69, 9.17) is 23.2 Å². The zero-order valence-electron chi connectivity index (χ0n) is 11.1. The Bertz CT molecular complexity index is 608. The first kappa shape index (κ1) is 14.9. The highest BCUT2D eigenvalue weighted by molar-refractivity contribution is 6.33. The van der Waals surface area contributed by atoms with Crippen molar-refractivity contribution in [1.82, 2.24) is 5.32 Å². The van der Waals surface area contributed by atoms with E-state index >= 15 is 0 Å². The minimum Gasteiger partial charge on any atom is -0.348 e. The molecule has 0 saturated heterocycles. The van der Waals surface area contributed by atoms with E-state index in [0.29, 0.717) is 23.0 Å².